The molecule has 1 amide bonds. The predicted octanol–water partition coefficient (Wildman–Crippen LogP) is 7.83. The van der Waals surface area contributed by atoms with Crippen LogP contribution in [0, 0.1) is 0 Å². The Morgan fingerprint density at radius 1 is 1.07 bits per heavy atom. The van der Waals surface area contributed by atoms with Crippen molar-refractivity contribution in [2.75, 3.05) is 11.9 Å². The molecule has 0 unspecified atom stereocenters. The smallest absolute Gasteiger partial charge is 0.466 e. The monoisotopic (exact) mass is 573 g/mol. The fraction of sp³-hybridized carbons (Fsp3) is 0.345. The number of hydrogen-bond acceptors (Lipinski definition) is 6. The summed E-state index contributed by atoms with van der Waals surface area (Å²) < 4.78 is 47.3. The molecule has 1 saturated carbocycles. The highest BCUT2D eigenvalue weighted by Crippen LogP contribution is 2.35. The molecule has 0 atom stereocenters. The molecular formula is C29H30F3N3O4S. The second-order valence-corrected chi connectivity index (χ2v) is 10.3. The van der Waals surface area contributed by atoms with Gasteiger partial charge in [0.2, 0.25) is 0 Å². The number of fused-ring (bicyclic) bond motifs is 1. The van der Waals surface area contributed by atoms with Crippen molar-refractivity contribution in [3.63, 3.8) is 0 Å². The number of nitrogens with one attached hydrogen (secondary N) is 1. The number of anilines is 1. The molecule has 1 aliphatic carbocycles. The summed E-state index contributed by atoms with van der Waals surface area (Å²) in [6, 6.07) is 13.8. The first-order valence-corrected chi connectivity index (χ1v) is 13.8. The fourth-order valence-electron chi connectivity index (χ4n) is 4.56. The van der Waals surface area contributed by atoms with Crippen molar-refractivity contribution in [3.8, 4) is 16.2 Å². The molecule has 4 aromatic rings. The maximum absolute atomic E-state index is 12.6. The van der Waals surface area contributed by atoms with Crippen molar-refractivity contribution in [2.45, 2.75) is 58.2 Å². The Bertz CT molecular complexity index is 1410. The number of ether oxygens (including phenoxy) is 2. The zero-order valence-corrected chi connectivity index (χ0v) is 23.0. The number of thiazole rings is 1. The van der Waals surface area contributed by atoms with Gasteiger partial charge in [-0.2, -0.15) is 0 Å². The maximum atomic E-state index is 12.6. The second kappa shape index (κ2) is 13.0. The highest BCUT2D eigenvalue weighted by Gasteiger charge is 2.31. The van der Waals surface area contributed by atoms with E-state index in [0.29, 0.717) is 17.5 Å². The summed E-state index contributed by atoms with van der Waals surface area (Å²) in [5.74, 6) is -0.476. The van der Waals surface area contributed by atoms with Crippen LogP contribution in [0.25, 0.3) is 15.4 Å². The van der Waals surface area contributed by atoms with E-state index in [1.165, 1.54) is 74.1 Å². The summed E-state index contributed by atoms with van der Waals surface area (Å²) >= 11 is 1.47. The molecule has 0 bridgehead atoms. The molecular weight excluding hydrogens is 543 g/mol. The van der Waals surface area contributed by atoms with Crippen LogP contribution in [-0.2, 0) is 9.53 Å². The topological polar surface area (TPSA) is 81.9 Å². The van der Waals surface area contributed by atoms with Gasteiger partial charge in [-0.15, -0.1) is 13.2 Å². The first kappa shape index (κ1) is 29.1. The Hall–Kier alpha value is -3.86. The molecule has 0 radical (unpaired) electrons. The van der Waals surface area contributed by atoms with Gasteiger partial charge in [0.1, 0.15) is 11.4 Å². The van der Waals surface area contributed by atoms with Crippen LogP contribution < -0.4 is 10.1 Å². The van der Waals surface area contributed by atoms with Gasteiger partial charge in [-0.3, -0.25) is 14.0 Å². The number of amides is 1. The zero-order chi connectivity index (χ0) is 28.7. The lowest BCUT2D eigenvalue weighted by atomic mass is 9.84. The molecule has 1 N–H and O–H groups in total. The van der Waals surface area contributed by atoms with Crippen LogP contribution in [0.15, 0.2) is 60.9 Å². The molecule has 7 nitrogen and oxygen atoms in total. The van der Waals surface area contributed by atoms with Crippen molar-refractivity contribution in [2.24, 2.45) is 0 Å². The molecule has 0 aliphatic heterocycles. The number of carbonyl (C=O) groups is 2. The molecule has 5 rings (SSSR count). The lowest BCUT2D eigenvalue weighted by Gasteiger charge is -2.22. The van der Waals surface area contributed by atoms with Crippen molar-refractivity contribution in [1.29, 1.82) is 0 Å². The Morgan fingerprint density at radius 3 is 2.40 bits per heavy atom. The lowest BCUT2D eigenvalue weighted by Crippen LogP contribution is -2.17. The van der Waals surface area contributed by atoms with Gasteiger partial charge < -0.3 is 14.8 Å². The molecule has 0 saturated heterocycles. The van der Waals surface area contributed by atoms with E-state index >= 15 is 0 Å². The summed E-state index contributed by atoms with van der Waals surface area (Å²) in [6.45, 7) is 3.65. The van der Waals surface area contributed by atoms with Crippen molar-refractivity contribution in [1.82, 2.24) is 9.38 Å². The van der Waals surface area contributed by atoms with E-state index < -0.39 is 18.0 Å². The average Bonchev–Trinajstić information content (AvgIpc) is 3.49. The molecule has 1 aliphatic rings. The van der Waals surface area contributed by atoms with Gasteiger partial charge in [0.05, 0.1) is 11.5 Å². The normalized spacial score (nSPS) is 13.8. The minimum atomic E-state index is -4.80. The summed E-state index contributed by atoms with van der Waals surface area (Å²) in [7, 11) is 0. The largest absolute Gasteiger partial charge is 0.573 e. The number of imidazole rings is 1. The fourth-order valence-corrected chi connectivity index (χ4v) is 5.54. The highest BCUT2D eigenvalue weighted by molar-refractivity contribution is 7.20. The third kappa shape index (κ3) is 8.08. The van der Waals surface area contributed by atoms with Crippen LogP contribution in [0.1, 0.15) is 67.9 Å². The molecule has 2 heterocycles. The number of carbonyl (C=O) groups excluding carboxylic acids is 2. The Labute approximate surface area is 233 Å². The number of alkyl halides is 3. The zero-order valence-electron chi connectivity index (χ0n) is 22.2. The van der Waals surface area contributed by atoms with Crippen LogP contribution >= 0.6 is 11.3 Å². The van der Waals surface area contributed by atoms with Gasteiger partial charge in [0.15, 0.2) is 4.96 Å². The van der Waals surface area contributed by atoms with Gasteiger partial charge in [-0.25, -0.2) is 4.98 Å². The first-order valence-electron chi connectivity index (χ1n) is 13.0. The SMILES string of the molecule is CCOC(C)=O.O=C(Nc1cccc(OC(F)(F)F)c1)c1cn2cc(-c3ccc(C4CCCCC4)cc3)sc2n1. The molecule has 40 heavy (non-hydrogen) atoms. The van der Waals surface area contributed by atoms with Crippen molar-refractivity contribution >= 4 is 33.9 Å². The highest BCUT2D eigenvalue weighted by atomic mass is 32.1. The number of rotatable bonds is 6. The second-order valence-electron chi connectivity index (χ2n) is 9.32. The third-order valence-electron chi connectivity index (χ3n) is 6.33. The van der Waals surface area contributed by atoms with E-state index in [9.17, 15) is 22.8 Å². The van der Waals surface area contributed by atoms with E-state index in [1.54, 1.807) is 17.5 Å². The van der Waals surface area contributed by atoms with E-state index in [-0.39, 0.29) is 17.4 Å². The molecule has 11 heteroatoms. The van der Waals surface area contributed by atoms with Gasteiger partial charge in [-0.1, -0.05) is 60.9 Å². The average molecular weight is 574 g/mol. The molecule has 212 valence electrons. The summed E-state index contributed by atoms with van der Waals surface area (Å²) in [6.07, 6.45) is 5.20. The summed E-state index contributed by atoms with van der Waals surface area (Å²) in [5.41, 5.74) is 2.85. The molecule has 2 aromatic heterocycles. The number of esters is 1. The third-order valence-corrected chi connectivity index (χ3v) is 7.38. The van der Waals surface area contributed by atoms with Crippen LogP contribution in [0.3, 0.4) is 0 Å². The van der Waals surface area contributed by atoms with Crippen LogP contribution in [0.4, 0.5) is 18.9 Å². The predicted molar refractivity (Wildman–Crippen MR) is 148 cm³/mol. The van der Waals surface area contributed by atoms with Gasteiger partial charge in [0, 0.05) is 31.1 Å². The van der Waals surface area contributed by atoms with Gasteiger partial charge in [0.25, 0.3) is 5.91 Å². The Balaban J connectivity index is 0.000000557. The minimum absolute atomic E-state index is 0.174. The molecule has 1 fully saturated rings. The maximum Gasteiger partial charge on any atom is 0.573 e. The summed E-state index contributed by atoms with van der Waals surface area (Å²) in [5, 5.41) is 2.56. The van der Waals surface area contributed by atoms with Gasteiger partial charge in [-0.05, 0) is 48.9 Å². The van der Waals surface area contributed by atoms with E-state index in [1.807, 2.05) is 6.20 Å². The van der Waals surface area contributed by atoms with E-state index in [4.69, 9.17) is 0 Å². The van der Waals surface area contributed by atoms with Crippen LogP contribution in [-0.4, -0.2) is 34.2 Å². The number of aromatic nitrogens is 2. The molecule has 0 spiro atoms. The minimum Gasteiger partial charge on any atom is -0.466 e. The van der Waals surface area contributed by atoms with Gasteiger partial charge >= 0.3 is 12.3 Å². The van der Waals surface area contributed by atoms with Crippen molar-refractivity contribution in [3.05, 3.63) is 72.2 Å². The number of hydrogen-bond donors (Lipinski definition) is 1. The number of halogens is 3. The van der Waals surface area contributed by atoms with E-state index in [0.717, 1.165) is 16.5 Å². The Morgan fingerprint density at radius 2 is 1.80 bits per heavy atom. The number of benzene rings is 2. The lowest BCUT2D eigenvalue weighted by molar-refractivity contribution is -0.274. The first-order chi connectivity index (χ1) is 19.1. The molecule has 2 aromatic carbocycles. The Kier molecular flexibility index (Phi) is 9.46. The van der Waals surface area contributed by atoms with Crippen LogP contribution in [0.2, 0.25) is 0 Å². The number of nitrogens with zero attached hydrogens (tertiary/aromatic N) is 2. The van der Waals surface area contributed by atoms with E-state index in [2.05, 4.69) is 44.0 Å². The standard InChI is InChI=1S/C25H22F3N3O2S.C4H8O2/c26-25(27,28)33-20-8-4-7-19(13-20)29-23(32)21-14-31-15-22(34-24(31)30-21)18-11-9-17(10-12-18)16-5-2-1-3-6-16;1-3-6-4(2)5/h4,7-16H,1-3,5-6H2,(H,29,32);3H2,1-2H3. The quantitative estimate of drug-likeness (QED) is 0.238. The summed E-state index contributed by atoms with van der Waals surface area (Å²) in [4.78, 5) is 28.5. The van der Waals surface area contributed by atoms with Crippen molar-refractivity contribution < 1.29 is 32.2 Å². The van der Waals surface area contributed by atoms with Crippen LogP contribution in [0.5, 0.6) is 5.75 Å².